The second-order valence-corrected chi connectivity index (χ2v) is 6.57. The molecule has 0 aliphatic rings. The minimum atomic E-state index is -0.883. The number of H-pyrrole nitrogens is 1. The van der Waals surface area contributed by atoms with Crippen LogP contribution in [0.15, 0.2) is 66.7 Å². The number of carbonyl (C=O) groups is 1. The number of nitrogens with zero attached hydrogens (tertiary/aromatic N) is 1. The minimum Gasteiger partial charge on any atom is -0.394 e. The lowest BCUT2D eigenvalue weighted by molar-refractivity contribution is 0.0915. The molecule has 1 aromatic heterocycles. The SMILES string of the molecule is O=C(NC(CO)c1ccccc1F)c1ccc2[nH]nc(-c3cccc(F)c3)c2c1. The number of aromatic nitrogens is 2. The van der Waals surface area contributed by atoms with Crippen LogP contribution in [0.5, 0.6) is 0 Å². The molecule has 146 valence electrons. The molecule has 0 saturated heterocycles. The Labute approximate surface area is 165 Å². The van der Waals surface area contributed by atoms with Gasteiger partial charge in [-0.25, -0.2) is 8.78 Å². The van der Waals surface area contributed by atoms with E-state index >= 15 is 0 Å². The van der Waals surface area contributed by atoms with Crippen molar-refractivity contribution in [3.63, 3.8) is 0 Å². The maximum absolute atomic E-state index is 14.0. The smallest absolute Gasteiger partial charge is 0.251 e. The summed E-state index contributed by atoms with van der Waals surface area (Å²) in [5.74, 6) is -1.37. The molecular weight excluding hydrogens is 376 g/mol. The molecule has 3 aromatic carbocycles. The summed E-state index contributed by atoms with van der Waals surface area (Å²) in [6, 6.07) is 16.0. The molecule has 1 amide bonds. The van der Waals surface area contributed by atoms with Crippen LogP contribution >= 0.6 is 0 Å². The number of nitrogens with one attached hydrogen (secondary N) is 2. The molecular formula is C22H17F2N3O2. The predicted molar refractivity (Wildman–Crippen MR) is 105 cm³/mol. The number of amides is 1. The monoisotopic (exact) mass is 393 g/mol. The van der Waals surface area contributed by atoms with E-state index in [9.17, 15) is 18.7 Å². The third-order valence-corrected chi connectivity index (χ3v) is 4.69. The summed E-state index contributed by atoms with van der Waals surface area (Å²) in [7, 11) is 0. The highest BCUT2D eigenvalue weighted by Gasteiger charge is 2.19. The van der Waals surface area contributed by atoms with E-state index in [1.807, 2.05) is 0 Å². The second-order valence-electron chi connectivity index (χ2n) is 6.57. The predicted octanol–water partition coefficient (Wildman–Crippen LogP) is 3.97. The Morgan fingerprint density at radius 2 is 1.90 bits per heavy atom. The maximum atomic E-state index is 14.0. The van der Waals surface area contributed by atoms with Crippen LogP contribution in [0.1, 0.15) is 22.0 Å². The summed E-state index contributed by atoms with van der Waals surface area (Å²) < 4.78 is 27.6. The van der Waals surface area contributed by atoms with Gasteiger partial charge in [0.2, 0.25) is 0 Å². The first-order valence-corrected chi connectivity index (χ1v) is 8.97. The van der Waals surface area contributed by atoms with Crippen LogP contribution in [0, 0.1) is 11.6 Å². The van der Waals surface area contributed by atoms with Crippen molar-refractivity contribution in [1.82, 2.24) is 15.5 Å². The highest BCUT2D eigenvalue weighted by molar-refractivity contribution is 6.01. The van der Waals surface area contributed by atoms with E-state index in [0.29, 0.717) is 27.7 Å². The molecule has 3 N–H and O–H groups in total. The quantitative estimate of drug-likeness (QED) is 0.480. The Bertz CT molecular complexity index is 1190. The number of aliphatic hydroxyl groups is 1. The number of hydrogen-bond donors (Lipinski definition) is 3. The number of benzene rings is 3. The van der Waals surface area contributed by atoms with Crippen molar-refractivity contribution in [2.75, 3.05) is 6.61 Å². The summed E-state index contributed by atoms with van der Waals surface area (Å²) in [5.41, 5.74) is 2.29. The molecule has 0 spiro atoms. The third kappa shape index (κ3) is 3.72. The van der Waals surface area contributed by atoms with Crippen molar-refractivity contribution in [3.8, 4) is 11.3 Å². The summed E-state index contributed by atoms with van der Waals surface area (Å²) in [4.78, 5) is 12.7. The van der Waals surface area contributed by atoms with Gasteiger partial charge in [-0.2, -0.15) is 5.10 Å². The van der Waals surface area contributed by atoms with E-state index in [1.54, 1.807) is 36.4 Å². The number of rotatable bonds is 5. The zero-order valence-corrected chi connectivity index (χ0v) is 15.2. The van der Waals surface area contributed by atoms with Crippen LogP contribution in [0.3, 0.4) is 0 Å². The standard InChI is InChI=1S/C22H17F2N3O2/c23-15-5-3-4-13(10-15)21-17-11-14(8-9-19(17)26-27-21)22(29)25-20(12-28)16-6-1-2-7-18(16)24/h1-11,20,28H,12H2,(H,25,29)(H,26,27). The van der Waals surface area contributed by atoms with Crippen LogP contribution in [0.2, 0.25) is 0 Å². The normalized spacial score (nSPS) is 12.1. The molecule has 7 heteroatoms. The zero-order valence-electron chi connectivity index (χ0n) is 15.2. The van der Waals surface area contributed by atoms with Gasteiger partial charge in [-0.3, -0.25) is 9.89 Å². The van der Waals surface area contributed by atoms with E-state index in [4.69, 9.17) is 0 Å². The average Bonchev–Trinajstić information content (AvgIpc) is 3.16. The molecule has 0 aliphatic heterocycles. The lowest BCUT2D eigenvalue weighted by atomic mass is 10.0. The van der Waals surface area contributed by atoms with Gasteiger partial charge in [0.05, 0.1) is 18.2 Å². The van der Waals surface area contributed by atoms with Gasteiger partial charge in [-0.15, -0.1) is 0 Å². The molecule has 1 heterocycles. The maximum Gasteiger partial charge on any atom is 0.251 e. The molecule has 29 heavy (non-hydrogen) atoms. The fourth-order valence-corrected chi connectivity index (χ4v) is 3.23. The summed E-state index contributed by atoms with van der Waals surface area (Å²) in [5, 5.41) is 20.0. The largest absolute Gasteiger partial charge is 0.394 e. The van der Waals surface area contributed by atoms with Crippen LogP contribution in [0.4, 0.5) is 8.78 Å². The lowest BCUT2D eigenvalue weighted by Crippen LogP contribution is -2.31. The fraction of sp³-hybridized carbons (Fsp3) is 0.0909. The van der Waals surface area contributed by atoms with Crippen molar-refractivity contribution in [1.29, 1.82) is 0 Å². The summed E-state index contributed by atoms with van der Waals surface area (Å²) >= 11 is 0. The molecule has 0 fully saturated rings. The number of aromatic amines is 1. The van der Waals surface area contributed by atoms with Gasteiger partial charge in [-0.1, -0.05) is 30.3 Å². The van der Waals surface area contributed by atoms with E-state index < -0.39 is 24.4 Å². The molecule has 0 saturated carbocycles. The Morgan fingerprint density at radius 3 is 2.66 bits per heavy atom. The molecule has 0 bridgehead atoms. The summed E-state index contributed by atoms with van der Waals surface area (Å²) in [6.07, 6.45) is 0. The fourth-order valence-electron chi connectivity index (χ4n) is 3.23. The van der Waals surface area contributed by atoms with Gasteiger partial charge >= 0.3 is 0 Å². The van der Waals surface area contributed by atoms with Gasteiger partial charge in [0.15, 0.2) is 0 Å². The van der Waals surface area contributed by atoms with Crippen molar-refractivity contribution >= 4 is 16.8 Å². The highest BCUT2D eigenvalue weighted by Crippen LogP contribution is 2.28. The zero-order chi connectivity index (χ0) is 20.4. The van der Waals surface area contributed by atoms with Crippen molar-refractivity contribution in [2.24, 2.45) is 0 Å². The van der Waals surface area contributed by atoms with Crippen molar-refractivity contribution < 1.29 is 18.7 Å². The Morgan fingerprint density at radius 1 is 1.07 bits per heavy atom. The number of halogens is 2. The van der Waals surface area contributed by atoms with Gasteiger partial charge < -0.3 is 10.4 Å². The molecule has 4 rings (SSSR count). The first kappa shape index (κ1) is 18.8. The third-order valence-electron chi connectivity index (χ3n) is 4.69. The van der Waals surface area contributed by atoms with Gasteiger partial charge in [-0.05, 0) is 36.4 Å². The number of fused-ring (bicyclic) bond motifs is 1. The average molecular weight is 393 g/mol. The van der Waals surface area contributed by atoms with Crippen LogP contribution in [0.25, 0.3) is 22.2 Å². The van der Waals surface area contributed by atoms with Gasteiger partial charge in [0.25, 0.3) is 5.91 Å². The topological polar surface area (TPSA) is 78.0 Å². The number of hydrogen-bond acceptors (Lipinski definition) is 3. The molecule has 4 aromatic rings. The first-order valence-electron chi connectivity index (χ1n) is 8.97. The van der Waals surface area contributed by atoms with E-state index in [0.717, 1.165) is 0 Å². The van der Waals surface area contributed by atoms with Crippen LogP contribution in [-0.4, -0.2) is 27.8 Å². The molecule has 1 unspecified atom stereocenters. The van der Waals surface area contributed by atoms with Crippen molar-refractivity contribution in [3.05, 3.63) is 89.5 Å². The van der Waals surface area contributed by atoms with Gasteiger partial charge in [0.1, 0.15) is 17.3 Å². The first-order chi connectivity index (χ1) is 14.1. The lowest BCUT2D eigenvalue weighted by Gasteiger charge is -2.17. The van der Waals surface area contributed by atoms with E-state index in [1.165, 1.54) is 30.3 Å². The van der Waals surface area contributed by atoms with Crippen molar-refractivity contribution in [2.45, 2.75) is 6.04 Å². The van der Waals surface area contributed by atoms with Crippen LogP contribution < -0.4 is 5.32 Å². The Balaban J connectivity index is 1.66. The highest BCUT2D eigenvalue weighted by atomic mass is 19.1. The van der Waals surface area contributed by atoms with E-state index in [2.05, 4.69) is 15.5 Å². The Hall–Kier alpha value is -3.58. The van der Waals surface area contributed by atoms with Gasteiger partial charge in [0, 0.05) is 22.1 Å². The minimum absolute atomic E-state index is 0.202. The molecule has 1 atom stereocenters. The molecule has 5 nitrogen and oxygen atoms in total. The Kier molecular flexibility index (Phi) is 5.05. The number of aliphatic hydroxyl groups excluding tert-OH is 1. The summed E-state index contributed by atoms with van der Waals surface area (Å²) in [6.45, 7) is -0.449. The van der Waals surface area contributed by atoms with Crippen LogP contribution in [-0.2, 0) is 0 Å². The number of carbonyl (C=O) groups excluding carboxylic acids is 1. The molecule has 0 radical (unpaired) electrons. The van der Waals surface area contributed by atoms with E-state index in [-0.39, 0.29) is 11.4 Å². The second kappa shape index (κ2) is 7.81. The molecule has 0 aliphatic carbocycles.